The van der Waals surface area contributed by atoms with E-state index in [9.17, 15) is 14.4 Å². The normalized spacial score (nSPS) is 11.4. The number of rotatable bonds is 6. The molecule has 0 heterocycles. The number of alkyl carbamates (subject to hydrolysis) is 1. The third-order valence-corrected chi connectivity index (χ3v) is 3.07. The first-order valence-electron chi connectivity index (χ1n) is 7.40. The zero-order valence-corrected chi connectivity index (χ0v) is 12.9. The van der Waals surface area contributed by atoms with Gasteiger partial charge in [-0.2, -0.15) is 0 Å². The van der Waals surface area contributed by atoms with Crippen molar-refractivity contribution < 1.29 is 19.1 Å². The quantitative estimate of drug-likeness (QED) is 0.365. The van der Waals surface area contributed by atoms with E-state index in [1.54, 1.807) is 6.92 Å². The van der Waals surface area contributed by atoms with Gasteiger partial charge in [-0.15, -0.1) is 0 Å². The third-order valence-electron chi connectivity index (χ3n) is 3.07. The summed E-state index contributed by atoms with van der Waals surface area (Å²) in [6, 6.07) is 8.83. The molecule has 0 aliphatic carbocycles. The summed E-state index contributed by atoms with van der Waals surface area (Å²) in [6.45, 7) is 4.20. The van der Waals surface area contributed by atoms with Gasteiger partial charge in [0.2, 0.25) is 0 Å². The highest BCUT2D eigenvalue weighted by Crippen LogP contribution is 2.10. The number of benzene rings is 1. The summed E-state index contributed by atoms with van der Waals surface area (Å²) < 4.78 is 4.43. The average Bonchev–Trinajstić information content (AvgIpc) is 2.52. The minimum atomic E-state index is -1.21. The van der Waals surface area contributed by atoms with Gasteiger partial charge < -0.3 is 15.4 Å². The molecule has 1 rings (SSSR count). The van der Waals surface area contributed by atoms with Crippen molar-refractivity contribution >= 4 is 18.0 Å². The summed E-state index contributed by atoms with van der Waals surface area (Å²) in [5, 5.41) is 4.91. The Morgan fingerprint density at radius 1 is 1.14 bits per heavy atom. The Balaban J connectivity index is 2.35. The van der Waals surface area contributed by atoms with Gasteiger partial charge in [0.1, 0.15) is 0 Å². The van der Waals surface area contributed by atoms with Crippen molar-refractivity contribution in [1.29, 1.82) is 0 Å². The predicted molar refractivity (Wildman–Crippen MR) is 82.0 cm³/mol. The molecule has 1 aromatic rings. The van der Waals surface area contributed by atoms with Gasteiger partial charge in [-0.05, 0) is 18.9 Å². The summed E-state index contributed by atoms with van der Waals surface area (Å²) in [5.41, 5.74) is 0.854. The molecule has 0 saturated heterocycles. The van der Waals surface area contributed by atoms with Crippen molar-refractivity contribution in [2.75, 3.05) is 6.54 Å². The van der Waals surface area contributed by atoms with E-state index in [1.165, 1.54) is 0 Å². The first kappa shape index (κ1) is 17.7. The highest BCUT2D eigenvalue weighted by molar-refractivity contribution is 6.34. The molecule has 1 atom stereocenters. The average molecular weight is 306 g/mol. The maximum Gasteiger partial charge on any atom is 0.415 e. The lowest BCUT2D eigenvalue weighted by Crippen LogP contribution is -2.38. The molecule has 22 heavy (non-hydrogen) atoms. The van der Waals surface area contributed by atoms with Crippen molar-refractivity contribution in [2.45, 2.75) is 39.2 Å². The Bertz CT molecular complexity index is 502. The summed E-state index contributed by atoms with van der Waals surface area (Å²) in [6.07, 6.45) is 1.90. The molecule has 120 valence electrons. The van der Waals surface area contributed by atoms with Crippen LogP contribution >= 0.6 is 0 Å². The summed E-state index contributed by atoms with van der Waals surface area (Å²) in [5.74, 6) is -2.16. The fourth-order valence-corrected chi connectivity index (χ4v) is 1.81. The van der Waals surface area contributed by atoms with Crippen LogP contribution in [0.4, 0.5) is 4.79 Å². The number of esters is 1. The number of hydrogen-bond donors (Lipinski definition) is 2. The fourth-order valence-electron chi connectivity index (χ4n) is 1.81. The van der Waals surface area contributed by atoms with Crippen LogP contribution in [0.2, 0.25) is 0 Å². The van der Waals surface area contributed by atoms with Gasteiger partial charge in [0.15, 0.2) is 0 Å². The van der Waals surface area contributed by atoms with Crippen molar-refractivity contribution in [3.63, 3.8) is 0 Å². The van der Waals surface area contributed by atoms with E-state index in [2.05, 4.69) is 15.4 Å². The monoisotopic (exact) mass is 306 g/mol. The number of unbranched alkanes of at least 4 members (excludes halogenated alkanes) is 2. The molecule has 0 saturated carbocycles. The molecule has 0 fully saturated rings. The predicted octanol–water partition coefficient (Wildman–Crippen LogP) is 2.31. The van der Waals surface area contributed by atoms with E-state index < -0.39 is 18.0 Å². The summed E-state index contributed by atoms with van der Waals surface area (Å²) in [4.78, 5) is 34.5. The van der Waals surface area contributed by atoms with Crippen LogP contribution in [0.1, 0.15) is 44.7 Å². The van der Waals surface area contributed by atoms with Crippen LogP contribution < -0.4 is 10.6 Å². The molecule has 6 nitrogen and oxygen atoms in total. The second kappa shape index (κ2) is 9.55. The topological polar surface area (TPSA) is 84.5 Å². The molecule has 0 spiro atoms. The Hall–Kier alpha value is -2.37. The van der Waals surface area contributed by atoms with E-state index >= 15 is 0 Å². The Morgan fingerprint density at radius 2 is 1.82 bits per heavy atom. The van der Waals surface area contributed by atoms with Crippen molar-refractivity contribution in [3.8, 4) is 0 Å². The summed E-state index contributed by atoms with van der Waals surface area (Å²) >= 11 is 0. The van der Waals surface area contributed by atoms with Gasteiger partial charge in [0.25, 0.3) is 0 Å². The van der Waals surface area contributed by atoms with Crippen molar-refractivity contribution in [1.82, 2.24) is 10.6 Å². The smallest absolute Gasteiger partial charge is 0.369 e. The summed E-state index contributed by atoms with van der Waals surface area (Å²) in [7, 11) is 0. The van der Waals surface area contributed by atoms with Gasteiger partial charge in [0.05, 0.1) is 6.04 Å². The minimum Gasteiger partial charge on any atom is -0.369 e. The Kier molecular flexibility index (Phi) is 7.67. The maximum absolute atomic E-state index is 11.7. The second-order valence-corrected chi connectivity index (χ2v) is 4.92. The number of nitrogens with one attached hydrogen (secondary N) is 2. The molecule has 0 bridgehead atoms. The number of ether oxygens (including phenoxy) is 1. The van der Waals surface area contributed by atoms with Crippen LogP contribution in [-0.2, 0) is 14.3 Å². The molecule has 1 aromatic carbocycles. The molecule has 2 amide bonds. The number of carbonyl (C=O) groups excluding carboxylic acids is 3. The molecule has 0 unspecified atom stereocenters. The van der Waals surface area contributed by atoms with Crippen LogP contribution in [-0.4, -0.2) is 24.5 Å². The van der Waals surface area contributed by atoms with Gasteiger partial charge in [0, 0.05) is 6.54 Å². The number of hydrogen-bond acceptors (Lipinski definition) is 4. The molecule has 0 radical (unpaired) electrons. The zero-order valence-electron chi connectivity index (χ0n) is 12.9. The minimum absolute atomic E-state index is 0.353. The maximum atomic E-state index is 11.7. The largest absolute Gasteiger partial charge is 0.415 e. The van der Waals surface area contributed by atoms with Gasteiger partial charge in [-0.25, -0.2) is 9.59 Å². The SMILES string of the molecule is CCCCCNC(=O)OC(=O)C(=O)N[C@H](C)c1ccccc1. The lowest BCUT2D eigenvalue weighted by atomic mass is 10.1. The highest BCUT2D eigenvalue weighted by atomic mass is 16.6. The molecular weight excluding hydrogens is 284 g/mol. The number of carbonyl (C=O) groups is 3. The van der Waals surface area contributed by atoms with Crippen LogP contribution in [0.25, 0.3) is 0 Å². The highest BCUT2D eigenvalue weighted by Gasteiger charge is 2.21. The van der Waals surface area contributed by atoms with Gasteiger partial charge >= 0.3 is 18.0 Å². The Morgan fingerprint density at radius 3 is 2.45 bits per heavy atom. The van der Waals surface area contributed by atoms with Gasteiger partial charge in [-0.1, -0.05) is 50.1 Å². The fraction of sp³-hybridized carbons (Fsp3) is 0.438. The molecule has 0 aliphatic rings. The molecule has 6 heteroatoms. The molecule has 0 aliphatic heterocycles. The zero-order chi connectivity index (χ0) is 16.4. The lowest BCUT2D eigenvalue weighted by Gasteiger charge is -2.13. The third kappa shape index (κ3) is 6.39. The second-order valence-electron chi connectivity index (χ2n) is 4.92. The first-order chi connectivity index (χ1) is 10.5. The van der Waals surface area contributed by atoms with Crippen LogP contribution in [0.3, 0.4) is 0 Å². The van der Waals surface area contributed by atoms with E-state index in [0.29, 0.717) is 6.54 Å². The van der Waals surface area contributed by atoms with E-state index in [-0.39, 0.29) is 6.04 Å². The van der Waals surface area contributed by atoms with Crippen LogP contribution in [0, 0.1) is 0 Å². The Labute approximate surface area is 130 Å². The van der Waals surface area contributed by atoms with Crippen molar-refractivity contribution in [2.24, 2.45) is 0 Å². The van der Waals surface area contributed by atoms with E-state index in [4.69, 9.17) is 0 Å². The van der Waals surface area contributed by atoms with Gasteiger partial charge in [-0.3, -0.25) is 4.79 Å². The lowest BCUT2D eigenvalue weighted by molar-refractivity contribution is -0.150. The van der Waals surface area contributed by atoms with Crippen LogP contribution in [0.5, 0.6) is 0 Å². The van der Waals surface area contributed by atoms with Crippen LogP contribution in [0.15, 0.2) is 30.3 Å². The standard InChI is InChI=1S/C16H22N2O4/c1-3-4-8-11-17-16(21)22-15(20)14(19)18-12(2)13-9-6-5-7-10-13/h5-7,9-10,12H,3-4,8,11H2,1-2H3,(H,17,21)(H,18,19)/t12-/m1/s1. The van der Waals surface area contributed by atoms with Crippen molar-refractivity contribution in [3.05, 3.63) is 35.9 Å². The molecular formula is C16H22N2O4. The first-order valence-corrected chi connectivity index (χ1v) is 7.40. The van der Waals surface area contributed by atoms with E-state index in [1.807, 2.05) is 37.3 Å². The molecule has 2 N–H and O–H groups in total. The number of amides is 2. The molecule has 0 aromatic heterocycles. The van der Waals surface area contributed by atoms with E-state index in [0.717, 1.165) is 24.8 Å².